The number of methoxy groups -OCH3 is 2. The molecule has 0 saturated carbocycles. The lowest BCUT2D eigenvalue weighted by Crippen LogP contribution is -2.63. The fourth-order valence-corrected chi connectivity index (χ4v) is 5.87. The first kappa shape index (κ1) is 35.8. The number of anilines is 1. The molecule has 2 fully saturated rings. The Bertz CT molecular complexity index is 1520. The summed E-state index contributed by atoms with van der Waals surface area (Å²) in [4.78, 5) is 54.1. The summed E-state index contributed by atoms with van der Waals surface area (Å²) in [5, 5.41) is 14.3. The minimum absolute atomic E-state index is 0.0556. The molecule has 0 aromatic heterocycles. The maximum atomic E-state index is 13.8. The Balaban J connectivity index is 1.80. The predicted octanol–water partition coefficient (Wildman–Crippen LogP) is 3.62. The van der Waals surface area contributed by atoms with E-state index >= 15 is 0 Å². The molecule has 3 heterocycles. The highest BCUT2D eigenvalue weighted by Crippen LogP contribution is 2.43. The number of hydrogen-bond donors (Lipinski definition) is 2. The number of fused-ring (bicyclic) bond motifs is 5. The number of amides is 3. The fourth-order valence-electron chi connectivity index (χ4n) is 5.56. The Morgan fingerprint density at radius 3 is 2.55 bits per heavy atom. The van der Waals surface area contributed by atoms with Gasteiger partial charge in [0.2, 0.25) is 11.8 Å². The molecular formula is C33H42ClN3O10. The molecule has 6 unspecified atom stereocenters. The van der Waals surface area contributed by atoms with Crippen LogP contribution in [-0.2, 0) is 39.8 Å². The van der Waals surface area contributed by atoms with E-state index in [-0.39, 0.29) is 28.9 Å². The van der Waals surface area contributed by atoms with Gasteiger partial charge in [-0.05, 0) is 38.0 Å². The summed E-state index contributed by atoms with van der Waals surface area (Å²) in [6, 6.07) is 2.58. The van der Waals surface area contributed by atoms with Crippen molar-refractivity contribution >= 4 is 41.2 Å². The number of epoxide rings is 1. The molecule has 0 radical (unpaired) electrons. The zero-order valence-corrected chi connectivity index (χ0v) is 28.5. The van der Waals surface area contributed by atoms with Gasteiger partial charge in [0.1, 0.15) is 29.0 Å². The number of nitrogens with zero attached hydrogens (tertiary/aromatic N) is 2. The number of nitrogens with one attached hydrogen (secondary N) is 1. The van der Waals surface area contributed by atoms with Crippen LogP contribution < -0.4 is 15.0 Å². The smallest absolute Gasteiger partial charge is 0.409 e. The minimum Gasteiger partial charge on any atom is -0.495 e. The maximum absolute atomic E-state index is 13.8. The lowest BCUT2D eigenvalue weighted by atomic mass is 9.88. The van der Waals surface area contributed by atoms with Crippen molar-refractivity contribution in [2.24, 2.45) is 5.92 Å². The monoisotopic (exact) mass is 675 g/mol. The first-order valence-corrected chi connectivity index (χ1v) is 15.5. The van der Waals surface area contributed by atoms with Gasteiger partial charge in [0.05, 0.1) is 19.2 Å². The quantitative estimate of drug-likeness (QED) is 0.349. The van der Waals surface area contributed by atoms with E-state index in [2.05, 4.69) is 5.32 Å². The van der Waals surface area contributed by atoms with Gasteiger partial charge in [-0.3, -0.25) is 14.9 Å². The zero-order chi connectivity index (χ0) is 34.8. The number of likely N-dealkylation sites (N-methyl/N-ethyl adjacent to an activating group) is 1. The van der Waals surface area contributed by atoms with Crippen LogP contribution >= 0.6 is 11.6 Å². The number of carbonyl (C=O) groups excluding carboxylic acids is 4. The Kier molecular flexibility index (Phi) is 10.9. The molecule has 2 N–H and O–H groups in total. The number of hydrogen-bond acceptors (Lipinski definition) is 10. The van der Waals surface area contributed by atoms with Crippen LogP contribution in [0.5, 0.6) is 5.75 Å². The van der Waals surface area contributed by atoms with Crippen LogP contribution in [0.25, 0.3) is 0 Å². The third-order valence-electron chi connectivity index (χ3n) is 8.75. The molecular weight excluding hydrogens is 634 g/mol. The molecule has 0 spiro atoms. The molecule has 4 rings (SSSR count). The number of halogens is 1. The summed E-state index contributed by atoms with van der Waals surface area (Å²) in [5.74, 6) is -1.63. The third kappa shape index (κ3) is 7.91. The highest BCUT2D eigenvalue weighted by molar-refractivity contribution is 6.35. The van der Waals surface area contributed by atoms with E-state index in [1.165, 1.54) is 44.9 Å². The van der Waals surface area contributed by atoms with E-state index in [0.717, 1.165) is 11.1 Å². The lowest BCUT2D eigenvalue weighted by Gasteiger charge is -2.41. The number of alkyl carbamates (subject to hydrolysis) is 1. The molecule has 2 saturated heterocycles. The van der Waals surface area contributed by atoms with Crippen LogP contribution in [0.2, 0.25) is 5.02 Å². The van der Waals surface area contributed by atoms with Crippen LogP contribution in [-0.4, -0.2) is 92.3 Å². The van der Waals surface area contributed by atoms with E-state index in [1.807, 2.05) is 13.0 Å². The van der Waals surface area contributed by atoms with Crippen molar-refractivity contribution in [2.45, 2.75) is 77.0 Å². The molecule has 1 aromatic carbocycles. The minimum atomic E-state index is -1.82. The van der Waals surface area contributed by atoms with Gasteiger partial charge >= 0.3 is 12.1 Å². The molecule has 4 bridgehead atoms. The van der Waals surface area contributed by atoms with Crippen molar-refractivity contribution < 1.29 is 48.0 Å². The molecule has 1 aromatic rings. The number of benzene rings is 1. The maximum Gasteiger partial charge on any atom is 0.409 e. The van der Waals surface area contributed by atoms with Crippen LogP contribution in [0.4, 0.5) is 10.5 Å². The highest BCUT2D eigenvalue weighted by atomic mass is 35.5. The summed E-state index contributed by atoms with van der Waals surface area (Å²) < 4.78 is 28.3. The summed E-state index contributed by atoms with van der Waals surface area (Å²) in [5.41, 5.74) is 0.284. The number of esters is 1. The number of allylic oxidation sites excluding steroid dienone is 3. The van der Waals surface area contributed by atoms with Gasteiger partial charge in [-0.15, -0.1) is 0 Å². The molecule has 6 atom stereocenters. The molecule has 0 aliphatic carbocycles. The number of ether oxygens (including phenoxy) is 5. The predicted molar refractivity (Wildman–Crippen MR) is 171 cm³/mol. The van der Waals surface area contributed by atoms with Gasteiger partial charge in [-0.2, -0.15) is 0 Å². The fraction of sp³-hybridized carbons (Fsp3) is 0.515. The first-order valence-electron chi connectivity index (χ1n) is 15.2. The second-order valence-electron chi connectivity index (χ2n) is 12.1. The Morgan fingerprint density at radius 1 is 1.21 bits per heavy atom. The van der Waals surface area contributed by atoms with Gasteiger partial charge < -0.3 is 38.6 Å². The number of rotatable bonds is 5. The van der Waals surface area contributed by atoms with E-state index < -0.39 is 60.4 Å². The van der Waals surface area contributed by atoms with Gasteiger partial charge in [-0.1, -0.05) is 42.3 Å². The summed E-state index contributed by atoms with van der Waals surface area (Å²) >= 11 is 6.67. The van der Waals surface area contributed by atoms with Crippen molar-refractivity contribution in [1.29, 1.82) is 0 Å². The van der Waals surface area contributed by atoms with Gasteiger partial charge in [0, 0.05) is 40.5 Å². The lowest BCUT2D eigenvalue weighted by molar-refractivity contribution is -0.149. The normalized spacial score (nSPS) is 30.3. The molecule has 3 aliphatic heterocycles. The summed E-state index contributed by atoms with van der Waals surface area (Å²) in [6.45, 7) is 6.49. The van der Waals surface area contributed by atoms with Crippen molar-refractivity contribution in [3.05, 3.63) is 58.0 Å². The second-order valence-corrected chi connectivity index (χ2v) is 12.5. The van der Waals surface area contributed by atoms with Crippen molar-refractivity contribution in [1.82, 2.24) is 10.2 Å². The second kappa shape index (κ2) is 14.4. The molecule has 13 nitrogen and oxygen atoms in total. The topological polar surface area (TPSA) is 156 Å². The van der Waals surface area contributed by atoms with E-state index in [1.54, 1.807) is 38.3 Å². The zero-order valence-electron chi connectivity index (χ0n) is 27.8. The summed E-state index contributed by atoms with van der Waals surface area (Å²) in [6.07, 6.45) is 1.89. The van der Waals surface area contributed by atoms with Gasteiger partial charge in [-0.25, -0.2) is 9.59 Å². The van der Waals surface area contributed by atoms with Crippen LogP contribution in [0.3, 0.4) is 0 Å². The molecule has 47 heavy (non-hydrogen) atoms. The Hall–Kier alpha value is -4.07. The number of carbonyl (C=O) groups is 4. The van der Waals surface area contributed by atoms with E-state index in [4.69, 9.17) is 35.3 Å². The molecule has 256 valence electrons. The SMILES string of the molecule is COc1cc2cc(c1Cl)N(C)C(=O)C/C(OC(=O)C(C)N(C)C(C)=O)=C1/OC1C(C)C1CC(O)(NC(=O)O1)C(OC)/C=C\C=C(\C)C2. The van der Waals surface area contributed by atoms with Crippen molar-refractivity contribution in [3.8, 4) is 5.75 Å². The van der Waals surface area contributed by atoms with Crippen LogP contribution in [0.15, 0.2) is 47.5 Å². The van der Waals surface area contributed by atoms with Crippen molar-refractivity contribution in [3.63, 3.8) is 0 Å². The van der Waals surface area contributed by atoms with Gasteiger partial charge in [0.15, 0.2) is 23.3 Å². The Morgan fingerprint density at radius 2 is 1.91 bits per heavy atom. The van der Waals surface area contributed by atoms with E-state index in [9.17, 15) is 24.3 Å². The van der Waals surface area contributed by atoms with Crippen LogP contribution in [0, 0.1) is 5.92 Å². The van der Waals surface area contributed by atoms with E-state index in [0.29, 0.717) is 17.9 Å². The summed E-state index contributed by atoms with van der Waals surface area (Å²) in [7, 11) is 5.91. The number of aliphatic hydroxyl groups is 1. The Labute approximate surface area is 279 Å². The van der Waals surface area contributed by atoms with Gasteiger partial charge in [0.25, 0.3) is 0 Å². The molecule has 3 amide bonds. The average molecular weight is 676 g/mol. The molecule has 14 heteroatoms. The largest absolute Gasteiger partial charge is 0.495 e. The van der Waals surface area contributed by atoms with Crippen molar-refractivity contribution in [2.75, 3.05) is 33.2 Å². The average Bonchev–Trinajstić information content (AvgIpc) is 3.82. The standard InChI is InChI=1S/C33H42ClN3O10/c1-17-10-9-11-26(44-8)33(42)16-25(46-32(41)35-33)18(2)29-30(47-29)24(45-31(40)19(3)36(5)20(4)38)15-27(39)37(6)22-13-21(12-17)14-23(43-7)28(22)34/h9-11,13-14,18-19,25-26,29,42H,12,15-16H2,1-8H3,(H,35,41)/b11-9-,17-10-,30-24-. The van der Waals surface area contributed by atoms with Crippen LogP contribution in [0.1, 0.15) is 46.1 Å². The first-order chi connectivity index (χ1) is 22.1. The third-order valence-corrected chi connectivity index (χ3v) is 9.13. The molecule has 3 aliphatic rings. The highest BCUT2D eigenvalue weighted by Gasteiger charge is 2.52.